The number of nitrogens with zero attached hydrogens (tertiary/aromatic N) is 3. The van der Waals surface area contributed by atoms with E-state index in [0.29, 0.717) is 30.9 Å². The highest BCUT2D eigenvalue weighted by atomic mass is 79.9. The zero-order chi connectivity index (χ0) is 24.8. The molecule has 0 bridgehead atoms. The lowest BCUT2D eigenvalue weighted by molar-refractivity contribution is -0.142. The standard InChI is InChI=1S/C21H12Br2F6N4O/c22-12-1-4-14(5-2-12)32-15(9-17(30-32)20(24,25)26)8-11-7-13(23)3-6-16(11)33-19(34)10-18(31-33)21(27,28)29/h1-7,9-10,31H,8H2. The van der Waals surface area contributed by atoms with Gasteiger partial charge in [0.25, 0.3) is 5.56 Å². The fourth-order valence-corrected chi connectivity index (χ4v) is 3.99. The SMILES string of the molecule is O=c1cc(C(F)(F)F)[nH]n1-c1ccc(Br)cc1Cc1cc(C(F)(F)F)nn1-c1ccc(Br)cc1. The van der Waals surface area contributed by atoms with Gasteiger partial charge in [0, 0.05) is 27.1 Å². The Hall–Kier alpha value is -2.80. The molecule has 4 rings (SSSR count). The first-order valence-corrected chi connectivity index (χ1v) is 11.0. The first-order chi connectivity index (χ1) is 15.8. The second kappa shape index (κ2) is 8.77. The van der Waals surface area contributed by atoms with Crippen molar-refractivity contribution in [3.05, 3.63) is 96.5 Å². The minimum atomic E-state index is -4.78. The molecule has 0 spiro atoms. The van der Waals surface area contributed by atoms with Crippen LogP contribution in [0.4, 0.5) is 26.3 Å². The number of hydrogen-bond donors (Lipinski definition) is 1. The molecule has 34 heavy (non-hydrogen) atoms. The molecule has 5 nitrogen and oxygen atoms in total. The van der Waals surface area contributed by atoms with E-state index >= 15 is 0 Å². The molecule has 0 atom stereocenters. The van der Waals surface area contributed by atoms with E-state index < -0.39 is 29.3 Å². The lowest BCUT2D eigenvalue weighted by Gasteiger charge is -2.13. The zero-order valence-electron chi connectivity index (χ0n) is 16.7. The Morgan fingerprint density at radius 3 is 2.09 bits per heavy atom. The van der Waals surface area contributed by atoms with Gasteiger partial charge in [0.05, 0.1) is 11.4 Å². The van der Waals surface area contributed by atoms with Crippen LogP contribution in [-0.4, -0.2) is 19.6 Å². The van der Waals surface area contributed by atoms with Crippen LogP contribution in [0.5, 0.6) is 0 Å². The predicted octanol–water partition coefficient (Wildman–Crippen LogP) is 6.50. The monoisotopic (exact) mass is 608 g/mol. The lowest BCUT2D eigenvalue weighted by Crippen LogP contribution is -2.16. The van der Waals surface area contributed by atoms with E-state index in [4.69, 9.17) is 0 Å². The normalized spacial score (nSPS) is 12.4. The van der Waals surface area contributed by atoms with E-state index in [2.05, 4.69) is 37.0 Å². The fourth-order valence-electron chi connectivity index (χ4n) is 3.32. The van der Waals surface area contributed by atoms with Crippen LogP contribution in [0.3, 0.4) is 0 Å². The third-order valence-electron chi connectivity index (χ3n) is 4.82. The van der Waals surface area contributed by atoms with E-state index in [-0.39, 0.29) is 17.8 Å². The van der Waals surface area contributed by atoms with Crippen LogP contribution < -0.4 is 5.56 Å². The Morgan fingerprint density at radius 1 is 0.853 bits per heavy atom. The van der Waals surface area contributed by atoms with Crippen LogP contribution in [-0.2, 0) is 18.8 Å². The summed E-state index contributed by atoms with van der Waals surface area (Å²) in [7, 11) is 0. The highest BCUT2D eigenvalue weighted by Crippen LogP contribution is 2.32. The average molecular weight is 610 g/mol. The number of H-pyrrole nitrogens is 1. The molecule has 2 heterocycles. The Kier molecular flexibility index (Phi) is 6.27. The topological polar surface area (TPSA) is 55.6 Å². The van der Waals surface area contributed by atoms with Gasteiger partial charge in [0.1, 0.15) is 5.69 Å². The second-order valence-electron chi connectivity index (χ2n) is 7.20. The van der Waals surface area contributed by atoms with Crippen LogP contribution >= 0.6 is 31.9 Å². The molecule has 13 heteroatoms. The molecule has 0 aliphatic carbocycles. The molecule has 178 valence electrons. The number of alkyl halides is 6. The van der Waals surface area contributed by atoms with Gasteiger partial charge in [-0.2, -0.15) is 31.4 Å². The minimum Gasteiger partial charge on any atom is -0.286 e. The maximum absolute atomic E-state index is 13.4. The van der Waals surface area contributed by atoms with Gasteiger partial charge >= 0.3 is 12.4 Å². The molecule has 0 radical (unpaired) electrons. The first kappa shape index (κ1) is 24.3. The molecule has 0 fully saturated rings. The fraction of sp³-hybridized carbons (Fsp3) is 0.143. The molecule has 2 aromatic carbocycles. The molecule has 0 aliphatic rings. The lowest BCUT2D eigenvalue weighted by atomic mass is 10.1. The number of rotatable bonds is 4. The van der Waals surface area contributed by atoms with E-state index in [1.54, 1.807) is 24.3 Å². The molecule has 0 aliphatic heterocycles. The van der Waals surface area contributed by atoms with Crippen molar-refractivity contribution in [2.45, 2.75) is 18.8 Å². The Bertz CT molecular complexity index is 1400. The number of benzene rings is 2. The smallest absolute Gasteiger partial charge is 0.286 e. The number of hydrogen-bond acceptors (Lipinski definition) is 2. The Labute approximate surface area is 204 Å². The maximum atomic E-state index is 13.4. The highest BCUT2D eigenvalue weighted by Gasteiger charge is 2.36. The van der Waals surface area contributed by atoms with E-state index in [0.717, 1.165) is 10.7 Å². The van der Waals surface area contributed by atoms with Crippen molar-refractivity contribution in [3.8, 4) is 11.4 Å². The number of aromatic amines is 1. The molecule has 0 unspecified atom stereocenters. The van der Waals surface area contributed by atoms with Gasteiger partial charge in [-0.3, -0.25) is 9.89 Å². The van der Waals surface area contributed by atoms with Crippen LogP contribution in [0.1, 0.15) is 22.6 Å². The van der Waals surface area contributed by atoms with Crippen molar-refractivity contribution in [2.75, 3.05) is 0 Å². The van der Waals surface area contributed by atoms with Gasteiger partial charge in [-0.05, 0) is 54.1 Å². The number of nitrogens with one attached hydrogen (secondary N) is 1. The van der Waals surface area contributed by atoms with Crippen LogP contribution in [0.25, 0.3) is 11.4 Å². The number of halogens is 8. The molecular weight excluding hydrogens is 598 g/mol. The molecule has 2 aromatic heterocycles. The van der Waals surface area contributed by atoms with E-state index in [1.165, 1.54) is 18.2 Å². The van der Waals surface area contributed by atoms with Crippen LogP contribution in [0.15, 0.2) is 68.3 Å². The first-order valence-electron chi connectivity index (χ1n) is 9.43. The third-order valence-corrected chi connectivity index (χ3v) is 5.85. The maximum Gasteiger partial charge on any atom is 0.435 e. The van der Waals surface area contributed by atoms with Crippen molar-refractivity contribution >= 4 is 31.9 Å². The van der Waals surface area contributed by atoms with Gasteiger partial charge in [-0.1, -0.05) is 31.9 Å². The summed E-state index contributed by atoms with van der Waals surface area (Å²) < 4.78 is 82.6. The molecule has 1 N–H and O–H groups in total. The van der Waals surface area contributed by atoms with Crippen molar-refractivity contribution in [1.29, 1.82) is 0 Å². The summed E-state index contributed by atoms with van der Waals surface area (Å²) in [6.45, 7) is 0. The summed E-state index contributed by atoms with van der Waals surface area (Å²) in [6, 6.07) is 12.1. The zero-order valence-corrected chi connectivity index (χ0v) is 19.8. The summed E-state index contributed by atoms with van der Waals surface area (Å²) in [5.74, 6) is 0. The predicted molar refractivity (Wildman–Crippen MR) is 118 cm³/mol. The van der Waals surface area contributed by atoms with Gasteiger partial charge < -0.3 is 0 Å². The summed E-state index contributed by atoms with van der Waals surface area (Å²) in [5.41, 5.74) is -2.52. The van der Waals surface area contributed by atoms with Crippen molar-refractivity contribution in [3.63, 3.8) is 0 Å². The van der Waals surface area contributed by atoms with Gasteiger partial charge in [-0.25, -0.2) is 9.36 Å². The van der Waals surface area contributed by atoms with Crippen molar-refractivity contribution in [1.82, 2.24) is 19.6 Å². The van der Waals surface area contributed by atoms with Crippen molar-refractivity contribution < 1.29 is 26.3 Å². The quantitative estimate of drug-likeness (QED) is 0.268. The van der Waals surface area contributed by atoms with E-state index in [9.17, 15) is 31.1 Å². The van der Waals surface area contributed by atoms with Gasteiger partial charge in [0.15, 0.2) is 5.69 Å². The minimum absolute atomic E-state index is 0.0563. The summed E-state index contributed by atoms with van der Waals surface area (Å²) in [6.07, 6.45) is -9.66. The average Bonchev–Trinajstić information content (AvgIpc) is 3.33. The summed E-state index contributed by atoms with van der Waals surface area (Å²) >= 11 is 6.52. The van der Waals surface area contributed by atoms with Gasteiger partial charge in [-0.15, -0.1) is 0 Å². The summed E-state index contributed by atoms with van der Waals surface area (Å²) in [4.78, 5) is 12.3. The highest BCUT2D eigenvalue weighted by molar-refractivity contribution is 9.10. The second-order valence-corrected chi connectivity index (χ2v) is 9.03. The van der Waals surface area contributed by atoms with Gasteiger partial charge in [0.2, 0.25) is 0 Å². The summed E-state index contributed by atoms with van der Waals surface area (Å²) in [5, 5.41) is 5.72. The molecule has 0 saturated carbocycles. The Balaban J connectivity index is 1.85. The molecule has 0 amide bonds. The van der Waals surface area contributed by atoms with Crippen LogP contribution in [0.2, 0.25) is 0 Å². The number of aromatic nitrogens is 4. The van der Waals surface area contributed by atoms with Crippen LogP contribution in [0, 0.1) is 0 Å². The Morgan fingerprint density at radius 2 is 1.50 bits per heavy atom. The molecule has 4 aromatic rings. The van der Waals surface area contributed by atoms with E-state index in [1.807, 2.05) is 5.10 Å². The molecular formula is C21H12Br2F6N4O. The van der Waals surface area contributed by atoms with Crippen molar-refractivity contribution in [2.24, 2.45) is 0 Å². The largest absolute Gasteiger partial charge is 0.435 e. The molecule has 0 saturated heterocycles. The third kappa shape index (κ3) is 4.99.